The first-order valence-corrected chi connectivity index (χ1v) is 5.41. The van der Waals surface area contributed by atoms with Crippen molar-refractivity contribution in [3.8, 4) is 5.75 Å². The van der Waals surface area contributed by atoms with E-state index in [-0.39, 0.29) is 6.10 Å². The number of hydrogen-bond donors (Lipinski definition) is 2. The van der Waals surface area contributed by atoms with Gasteiger partial charge in [-0.15, -0.1) is 0 Å². The zero-order valence-corrected chi connectivity index (χ0v) is 9.69. The van der Waals surface area contributed by atoms with Gasteiger partial charge in [-0.2, -0.15) is 0 Å². The van der Waals surface area contributed by atoms with Gasteiger partial charge in [0.05, 0.1) is 17.4 Å². The van der Waals surface area contributed by atoms with Gasteiger partial charge in [-0.25, -0.2) is 0 Å². The Kier molecular flexibility index (Phi) is 4.17. The smallest absolute Gasteiger partial charge is 0.252 e. The van der Waals surface area contributed by atoms with Crippen LogP contribution in [0.5, 0.6) is 5.75 Å². The Labute approximate surface area is 95.6 Å². The van der Waals surface area contributed by atoms with E-state index < -0.39 is 5.91 Å². The summed E-state index contributed by atoms with van der Waals surface area (Å²) in [5.74, 6) is -0.123. The number of primary amides is 1. The lowest BCUT2D eigenvalue weighted by Crippen LogP contribution is -2.18. The van der Waals surface area contributed by atoms with E-state index in [1.165, 1.54) is 0 Å². The average Bonchev–Trinajstić information content (AvgIpc) is 2.21. The number of nitrogen functional groups attached to an aromatic ring is 1. The predicted octanol–water partition coefficient (Wildman–Crippen LogP) is 1.94. The van der Waals surface area contributed by atoms with Gasteiger partial charge in [0.15, 0.2) is 5.75 Å². The molecule has 0 radical (unpaired) electrons. The number of rotatable bonds is 5. The predicted molar refractivity (Wildman–Crippen MR) is 64.4 cm³/mol. The summed E-state index contributed by atoms with van der Waals surface area (Å²) in [6, 6.07) is 5.00. The molecule has 88 valence electrons. The fourth-order valence-electron chi connectivity index (χ4n) is 1.55. The van der Waals surface area contributed by atoms with Crippen molar-refractivity contribution >= 4 is 11.6 Å². The number of hydrogen-bond acceptors (Lipinski definition) is 3. The molecule has 1 aromatic rings. The van der Waals surface area contributed by atoms with Crippen LogP contribution in [0.25, 0.3) is 0 Å². The number of carbonyl (C=O) groups excluding carboxylic acids is 1. The molecule has 1 unspecified atom stereocenters. The second-order valence-electron chi connectivity index (χ2n) is 3.81. The maximum Gasteiger partial charge on any atom is 0.252 e. The van der Waals surface area contributed by atoms with Gasteiger partial charge in [0.1, 0.15) is 0 Å². The van der Waals surface area contributed by atoms with Gasteiger partial charge >= 0.3 is 0 Å². The summed E-state index contributed by atoms with van der Waals surface area (Å²) < 4.78 is 5.65. The highest BCUT2D eigenvalue weighted by Gasteiger charge is 2.14. The van der Waals surface area contributed by atoms with Crippen LogP contribution in [0.15, 0.2) is 18.2 Å². The van der Waals surface area contributed by atoms with Gasteiger partial charge in [-0.1, -0.05) is 19.4 Å². The van der Waals surface area contributed by atoms with Crippen LogP contribution in [0.4, 0.5) is 5.69 Å². The Balaban J connectivity index is 2.97. The molecule has 4 N–H and O–H groups in total. The fourth-order valence-corrected chi connectivity index (χ4v) is 1.55. The molecule has 0 bridgehead atoms. The van der Waals surface area contributed by atoms with Crippen molar-refractivity contribution in [2.75, 3.05) is 5.73 Å². The molecular formula is C12H18N2O2. The van der Waals surface area contributed by atoms with Crippen molar-refractivity contribution in [3.05, 3.63) is 23.8 Å². The van der Waals surface area contributed by atoms with Gasteiger partial charge in [0.25, 0.3) is 5.91 Å². The van der Waals surface area contributed by atoms with E-state index in [4.69, 9.17) is 16.2 Å². The van der Waals surface area contributed by atoms with Crippen molar-refractivity contribution in [3.63, 3.8) is 0 Å². The van der Waals surface area contributed by atoms with Crippen LogP contribution in [0.3, 0.4) is 0 Å². The summed E-state index contributed by atoms with van der Waals surface area (Å²) in [7, 11) is 0. The highest BCUT2D eigenvalue weighted by Crippen LogP contribution is 2.27. The van der Waals surface area contributed by atoms with E-state index in [0.717, 1.165) is 12.8 Å². The Morgan fingerprint density at radius 2 is 2.19 bits per heavy atom. The number of carbonyl (C=O) groups is 1. The van der Waals surface area contributed by atoms with Crippen LogP contribution in [0, 0.1) is 0 Å². The molecular weight excluding hydrogens is 204 g/mol. The summed E-state index contributed by atoms with van der Waals surface area (Å²) in [6.45, 7) is 4.02. The molecule has 1 atom stereocenters. The molecule has 0 spiro atoms. The Morgan fingerprint density at radius 1 is 1.50 bits per heavy atom. The highest BCUT2D eigenvalue weighted by molar-refractivity contribution is 5.97. The highest BCUT2D eigenvalue weighted by atomic mass is 16.5. The first kappa shape index (κ1) is 12.4. The van der Waals surface area contributed by atoms with Crippen LogP contribution in [-0.2, 0) is 0 Å². The lowest BCUT2D eigenvalue weighted by Gasteiger charge is -2.17. The second kappa shape index (κ2) is 5.39. The van der Waals surface area contributed by atoms with E-state index in [1.54, 1.807) is 18.2 Å². The van der Waals surface area contributed by atoms with Crippen LogP contribution in [-0.4, -0.2) is 12.0 Å². The van der Waals surface area contributed by atoms with Gasteiger partial charge in [0.2, 0.25) is 0 Å². The summed E-state index contributed by atoms with van der Waals surface area (Å²) >= 11 is 0. The lowest BCUT2D eigenvalue weighted by atomic mass is 10.1. The number of benzene rings is 1. The van der Waals surface area contributed by atoms with E-state index >= 15 is 0 Å². The Morgan fingerprint density at radius 3 is 2.75 bits per heavy atom. The van der Waals surface area contributed by atoms with Gasteiger partial charge in [-0.05, 0) is 25.5 Å². The van der Waals surface area contributed by atoms with Crippen molar-refractivity contribution < 1.29 is 9.53 Å². The molecule has 0 aliphatic carbocycles. The molecule has 0 fully saturated rings. The topological polar surface area (TPSA) is 78.3 Å². The van der Waals surface area contributed by atoms with Gasteiger partial charge in [0, 0.05) is 0 Å². The third-order valence-electron chi connectivity index (χ3n) is 2.33. The largest absolute Gasteiger partial charge is 0.488 e. The van der Waals surface area contributed by atoms with E-state index in [9.17, 15) is 4.79 Å². The van der Waals surface area contributed by atoms with E-state index in [2.05, 4.69) is 6.92 Å². The van der Waals surface area contributed by atoms with Crippen molar-refractivity contribution in [1.82, 2.24) is 0 Å². The molecule has 0 saturated carbocycles. The van der Waals surface area contributed by atoms with E-state index in [0.29, 0.717) is 17.0 Å². The minimum atomic E-state index is -0.522. The quantitative estimate of drug-likeness (QED) is 0.747. The minimum Gasteiger partial charge on any atom is -0.488 e. The molecule has 0 aromatic heterocycles. The first-order chi connectivity index (χ1) is 7.56. The third-order valence-corrected chi connectivity index (χ3v) is 2.33. The first-order valence-electron chi connectivity index (χ1n) is 5.41. The molecule has 4 nitrogen and oxygen atoms in total. The van der Waals surface area contributed by atoms with Crippen LogP contribution in [0.2, 0.25) is 0 Å². The number of amides is 1. The SMILES string of the molecule is CCCC(C)Oc1c(N)cccc1C(N)=O. The molecule has 16 heavy (non-hydrogen) atoms. The van der Waals surface area contributed by atoms with E-state index in [1.807, 2.05) is 6.92 Å². The van der Waals surface area contributed by atoms with Gasteiger partial charge in [-0.3, -0.25) is 4.79 Å². The molecule has 0 aliphatic rings. The lowest BCUT2D eigenvalue weighted by molar-refractivity contribution is 0.0993. The zero-order valence-electron chi connectivity index (χ0n) is 9.69. The number of ether oxygens (including phenoxy) is 1. The maximum atomic E-state index is 11.2. The summed E-state index contributed by atoms with van der Waals surface area (Å²) in [6.07, 6.45) is 1.94. The molecule has 1 aromatic carbocycles. The Bertz CT molecular complexity index is 377. The van der Waals surface area contributed by atoms with Crippen LogP contribution < -0.4 is 16.2 Å². The average molecular weight is 222 g/mol. The monoisotopic (exact) mass is 222 g/mol. The number of anilines is 1. The molecule has 0 heterocycles. The standard InChI is InChI=1S/C12H18N2O2/c1-3-5-8(2)16-11-9(12(14)15)6-4-7-10(11)13/h4,6-8H,3,5,13H2,1-2H3,(H2,14,15). The molecule has 4 heteroatoms. The van der Waals surface area contributed by atoms with Crippen molar-refractivity contribution in [2.45, 2.75) is 32.8 Å². The number of nitrogens with two attached hydrogens (primary N) is 2. The summed E-state index contributed by atoms with van der Waals surface area (Å²) in [5.41, 5.74) is 11.8. The molecule has 1 rings (SSSR count). The summed E-state index contributed by atoms with van der Waals surface area (Å²) in [4.78, 5) is 11.2. The zero-order chi connectivity index (χ0) is 12.1. The third kappa shape index (κ3) is 2.89. The number of para-hydroxylation sites is 1. The van der Waals surface area contributed by atoms with Crippen LogP contribution >= 0.6 is 0 Å². The van der Waals surface area contributed by atoms with Gasteiger partial charge < -0.3 is 16.2 Å². The van der Waals surface area contributed by atoms with Crippen LogP contribution in [0.1, 0.15) is 37.0 Å². The normalized spacial score (nSPS) is 12.1. The Hall–Kier alpha value is -1.71. The minimum absolute atomic E-state index is 0.0211. The molecule has 0 saturated heterocycles. The molecule has 1 amide bonds. The fraction of sp³-hybridized carbons (Fsp3) is 0.417. The van der Waals surface area contributed by atoms with Crippen molar-refractivity contribution in [1.29, 1.82) is 0 Å². The summed E-state index contributed by atoms with van der Waals surface area (Å²) in [5, 5.41) is 0. The van der Waals surface area contributed by atoms with Crippen molar-refractivity contribution in [2.24, 2.45) is 5.73 Å². The maximum absolute atomic E-state index is 11.2. The second-order valence-corrected chi connectivity index (χ2v) is 3.81. The molecule has 0 aliphatic heterocycles.